The molecule has 0 amide bonds. The molecule has 0 unspecified atom stereocenters. The van der Waals surface area contributed by atoms with Crippen LogP contribution in [0.3, 0.4) is 0 Å². The normalized spacial score (nSPS) is 14.6. The number of nitrogens with zero attached hydrogens (tertiary/aromatic N) is 8. The van der Waals surface area contributed by atoms with Crippen LogP contribution in [0.25, 0.3) is 28.0 Å². The maximum Gasteiger partial charge on any atom is 0.451 e. The van der Waals surface area contributed by atoms with E-state index in [1.54, 1.807) is 6.92 Å². The first-order valence-corrected chi connectivity index (χ1v) is 9.99. The molecule has 4 aromatic heterocycles. The van der Waals surface area contributed by atoms with Crippen LogP contribution >= 0.6 is 0 Å². The van der Waals surface area contributed by atoms with Gasteiger partial charge >= 0.3 is 12.4 Å². The van der Waals surface area contributed by atoms with Crippen molar-refractivity contribution in [2.45, 2.75) is 32.6 Å². The van der Waals surface area contributed by atoms with Crippen molar-refractivity contribution in [1.82, 2.24) is 39.7 Å². The van der Waals surface area contributed by atoms with Crippen molar-refractivity contribution in [1.29, 1.82) is 0 Å². The Balaban J connectivity index is 1.78. The summed E-state index contributed by atoms with van der Waals surface area (Å²) in [6.07, 6.45) is -7.52. The van der Waals surface area contributed by atoms with Gasteiger partial charge in [0.1, 0.15) is 23.4 Å². The molecule has 1 fully saturated rings. The van der Waals surface area contributed by atoms with Gasteiger partial charge in [0.25, 0.3) is 0 Å². The molecular weight excluding hydrogens is 468 g/mol. The summed E-state index contributed by atoms with van der Waals surface area (Å²) in [4.78, 5) is 16.7. The Morgan fingerprint density at radius 1 is 0.971 bits per heavy atom. The standard InChI is InChI=1S/C19H15F6N9/c1-8-11(10-6-26-17(19(23,24)25)30-15(10)18(20,21)22)12(32-31-8)13-14-16(33-4-3-5-33)27-7-28-34(14)9(2)29-13/h6-7H,3-5H2,1-2H3,(H,31,32). The first-order chi connectivity index (χ1) is 16.0. The fourth-order valence-electron chi connectivity index (χ4n) is 3.84. The van der Waals surface area contributed by atoms with Crippen molar-refractivity contribution in [3.8, 4) is 22.5 Å². The molecule has 0 aliphatic carbocycles. The number of fused-ring (bicyclic) bond motifs is 1. The lowest BCUT2D eigenvalue weighted by Gasteiger charge is -2.32. The van der Waals surface area contributed by atoms with Crippen molar-refractivity contribution < 1.29 is 26.3 Å². The number of aromatic amines is 1. The molecule has 1 aliphatic rings. The number of nitrogens with one attached hydrogen (secondary N) is 1. The van der Waals surface area contributed by atoms with Crippen LogP contribution in [-0.4, -0.2) is 52.8 Å². The van der Waals surface area contributed by atoms with E-state index in [4.69, 9.17) is 0 Å². The molecule has 1 saturated heterocycles. The van der Waals surface area contributed by atoms with Crippen LogP contribution in [0.15, 0.2) is 12.5 Å². The Morgan fingerprint density at radius 2 is 1.71 bits per heavy atom. The molecule has 4 aromatic rings. The fraction of sp³-hybridized carbons (Fsp3) is 0.368. The third kappa shape index (κ3) is 3.42. The number of alkyl halides is 6. The maximum atomic E-state index is 13.8. The molecule has 1 N–H and O–H groups in total. The van der Waals surface area contributed by atoms with Crippen molar-refractivity contribution in [3.63, 3.8) is 0 Å². The lowest BCUT2D eigenvalue weighted by molar-refractivity contribution is -0.152. The molecule has 0 bridgehead atoms. The fourth-order valence-corrected chi connectivity index (χ4v) is 3.84. The predicted octanol–water partition coefficient (Wildman–Crippen LogP) is 3.84. The van der Waals surface area contributed by atoms with Gasteiger partial charge in [-0.2, -0.15) is 36.5 Å². The largest absolute Gasteiger partial charge is 0.451 e. The Bertz CT molecular complexity index is 1400. The van der Waals surface area contributed by atoms with Crippen molar-refractivity contribution in [3.05, 3.63) is 35.6 Å². The molecule has 0 atom stereocenters. The number of hydrogen-bond donors (Lipinski definition) is 1. The lowest BCUT2D eigenvalue weighted by atomic mass is 10.0. The van der Waals surface area contributed by atoms with Gasteiger partial charge in [-0.25, -0.2) is 24.5 Å². The molecule has 0 spiro atoms. The summed E-state index contributed by atoms with van der Waals surface area (Å²) in [6, 6.07) is 0. The van der Waals surface area contributed by atoms with Crippen LogP contribution in [0.4, 0.5) is 32.2 Å². The SMILES string of the molecule is Cc1n[nH]c(-c2nc(C)n3ncnc(N4CCC4)c23)c1-c1cnc(C(F)(F)F)nc1C(F)(F)F. The van der Waals surface area contributed by atoms with Crippen LogP contribution in [0.2, 0.25) is 0 Å². The van der Waals surface area contributed by atoms with Crippen molar-refractivity contribution in [2.24, 2.45) is 0 Å². The zero-order valence-electron chi connectivity index (χ0n) is 17.6. The Morgan fingerprint density at radius 3 is 2.32 bits per heavy atom. The summed E-state index contributed by atoms with van der Waals surface area (Å²) in [5.41, 5.74) is -1.67. The molecular formula is C19H15F6N9. The van der Waals surface area contributed by atoms with E-state index in [9.17, 15) is 26.3 Å². The predicted molar refractivity (Wildman–Crippen MR) is 106 cm³/mol. The Hall–Kier alpha value is -3.78. The molecule has 15 heteroatoms. The second-order valence-electron chi connectivity index (χ2n) is 7.70. The van der Waals surface area contributed by atoms with Crippen LogP contribution in [0.5, 0.6) is 0 Å². The second-order valence-corrected chi connectivity index (χ2v) is 7.70. The van der Waals surface area contributed by atoms with Gasteiger partial charge in [0.2, 0.25) is 5.82 Å². The Kier molecular flexibility index (Phi) is 4.77. The van der Waals surface area contributed by atoms with Crippen molar-refractivity contribution in [2.75, 3.05) is 18.0 Å². The summed E-state index contributed by atoms with van der Waals surface area (Å²) >= 11 is 0. The molecule has 5 rings (SSSR count). The van der Waals surface area contributed by atoms with Gasteiger partial charge in [0, 0.05) is 30.4 Å². The topological polar surface area (TPSA) is 101 Å². The maximum absolute atomic E-state index is 13.8. The average molecular weight is 483 g/mol. The van der Waals surface area contributed by atoms with Gasteiger partial charge in [0.05, 0.1) is 11.4 Å². The van der Waals surface area contributed by atoms with Crippen LogP contribution in [-0.2, 0) is 12.4 Å². The highest BCUT2D eigenvalue weighted by Gasteiger charge is 2.42. The summed E-state index contributed by atoms with van der Waals surface area (Å²) in [5.74, 6) is -0.912. The molecule has 178 valence electrons. The number of aromatic nitrogens is 8. The molecule has 0 radical (unpaired) electrons. The van der Waals surface area contributed by atoms with E-state index in [0.29, 0.717) is 23.4 Å². The monoisotopic (exact) mass is 483 g/mol. The minimum absolute atomic E-state index is 0.0635. The molecule has 5 heterocycles. The number of anilines is 1. The number of halogens is 6. The minimum atomic E-state index is -5.18. The third-order valence-electron chi connectivity index (χ3n) is 5.49. The zero-order chi connectivity index (χ0) is 24.4. The van der Waals surface area contributed by atoms with E-state index in [-0.39, 0.29) is 22.6 Å². The summed E-state index contributed by atoms with van der Waals surface area (Å²) < 4.78 is 82.1. The minimum Gasteiger partial charge on any atom is -0.355 e. The highest BCUT2D eigenvalue weighted by atomic mass is 19.4. The van der Waals surface area contributed by atoms with E-state index in [2.05, 4.69) is 35.2 Å². The number of imidazole rings is 1. The van der Waals surface area contributed by atoms with Gasteiger partial charge < -0.3 is 4.90 Å². The van der Waals surface area contributed by atoms with Crippen LogP contribution in [0, 0.1) is 13.8 Å². The summed E-state index contributed by atoms with van der Waals surface area (Å²) in [6.45, 7) is 4.55. The van der Waals surface area contributed by atoms with Crippen LogP contribution in [0.1, 0.15) is 29.5 Å². The van der Waals surface area contributed by atoms with E-state index >= 15 is 0 Å². The van der Waals surface area contributed by atoms with Gasteiger partial charge in [0.15, 0.2) is 11.5 Å². The number of H-pyrrole nitrogens is 1. The van der Waals surface area contributed by atoms with Gasteiger partial charge in [-0.05, 0) is 20.3 Å². The number of rotatable bonds is 3. The Labute approximate surface area is 186 Å². The second kappa shape index (κ2) is 7.36. The van der Waals surface area contributed by atoms with E-state index in [1.165, 1.54) is 17.8 Å². The smallest absolute Gasteiger partial charge is 0.355 e. The quantitative estimate of drug-likeness (QED) is 0.442. The van der Waals surface area contributed by atoms with Gasteiger partial charge in [-0.1, -0.05) is 0 Å². The molecule has 34 heavy (non-hydrogen) atoms. The molecule has 9 nitrogen and oxygen atoms in total. The first-order valence-electron chi connectivity index (χ1n) is 9.99. The van der Waals surface area contributed by atoms with Crippen molar-refractivity contribution >= 4 is 11.3 Å². The van der Waals surface area contributed by atoms with E-state index in [0.717, 1.165) is 19.5 Å². The van der Waals surface area contributed by atoms with E-state index < -0.39 is 29.4 Å². The third-order valence-corrected chi connectivity index (χ3v) is 5.49. The molecule has 0 saturated carbocycles. The number of aryl methyl sites for hydroxylation is 2. The van der Waals surface area contributed by atoms with Gasteiger partial charge in [-0.15, -0.1) is 0 Å². The first kappa shape index (κ1) is 22.0. The average Bonchev–Trinajstić information content (AvgIpc) is 3.25. The zero-order valence-corrected chi connectivity index (χ0v) is 17.6. The highest BCUT2D eigenvalue weighted by molar-refractivity contribution is 5.92. The molecule has 0 aromatic carbocycles. The number of hydrogen-bond acceptors (Lipinski definition) is 7. The summed E-state index contributed by atoms with van der Waals surface area (Å²) in [7, 11) is 0. The van der Waals surface area contributed by atoms with Crippen LogP contribution < -0.4 is 4.90 Å². The van der Waals surface area contributed by atoms with E-state index in [1.807, 2.05) is 4.90 Å². The molecule has 1 aliphatic heterocycles. The van der Waals surface area contributed by atoms with Gasteiger partial charge in [-0.3, -0.25) is 5.10 Å². The summed E-state index contributed by atoms with van der Waals surface area (Å²) in [5, 5.41) is 10.9. The lowest BCUT2D eigenvalue weighted by Crippen LogP contribution is -2.38. The highest BCUT2D eigenvalue weighted by Crippen LogP contribution is 2.43.